The molecule has 0 saturated carbocycles. The topological polar surface area (TPSA) is 84.3 Å². The number of anilines is 1. The van der Waals surface area contributed by atoms with Crippen LogP contribution in [0.25, 0.3) is 11.3 Å². The lowest BCUT2D eigenvalue weighted by Crippen LogP contribution is -2.18. The summed E-state index contributed by atoms with van der Waals surface area (Å²) in [5.74, 6) is -1.25. The molecule has 0 spiro atoms. The van der Waals surface area contributed by atoms with E-state index in [0.29, 0.717) is 11.3 Å². The number of carbonyl (C=O) groups is 1. The number of rotatable bonds is 5. The Balaban J connectivity index is 1.91. The second-order valence-corrected chi connectivity index (χ2v) is 6.53. The van der Waals surface area contributed by atoms with E-state index in [9.17, 15) is 23.1 Å². The van der Waals surface area contributed by atoms with Gasteiger partial charge in [0, 0.05) is 17.4 Å². The van der Waals surface area contributed by atoms with Gasteiger partial charge in [0.25, 0.3) is 5.91 Å². The van der Waals surface area contributed by atoms with E-state index in [1.807, 2.05) is 0 Å². The molecule has 3 aromatic rings. The Morgan fingerprint density at radius 1 is 1.13 bits per heavy atom. The van der Waals surface area contributed by atoms with Gasteiger partial charge in [0.1, 0.15) is 5.75 Å². The van der Waals surface area contributed by atoms with Gasteiger partial charge in [0.05, 0.1) is 12.3 Å². The lowest BCUT2D eigenvalue weighted by molar-refractivity contribution is -0.274. The predicted octanol–water partition coefficient (Wildman–Crippen LogP) is 4.40. The predicted molar refractivity (Wildman–Crippen MR) is 104 cm³/mol. The second-order valence-electron chi connectivity index (χ2n) is 6.53. The van der Waals surface area contributed by atoms with Gasteiger partial charge in [0.2, 0.25) is 5.82 Å². The molecule has 1 amide bonds. The maximum atomic E-state index is 12.7. The van der Waals surface area contributed by atoms with Crippen molar-refractivity contribution in [3.63, 3.8) is 0 Å². The minimum absolute atomic E-state index is 0.0749. The van der Waals surface area contributed by atoms with Gasteiger partial charge in [-0.2, -0.15) is 0 Å². The van der Waals surface area contributed by atoms with Gasteiger partial charge < -0.3 is 15.2 Å². The molecule has 2 N–H and O–H groups in total. The van der Waals surface area contributed by atoms with Crippen LogP contribution in [0.2, 0.25) is 0 Å². The summed E-state index contributed by atoms with van der Waals surface area (Å²) in [5.41, 5.74) is 2.93. The van der Waals surface area contributed by atoms with Crippen molar-refractivity contribution in [1.29, 1.82) is 0 Å². The highest BCUT2D eigenvalue weighted by Crippen LogP contribution is 2.32. The quantitative estimate of drug-likeness (QED) is 0.643. The van der Waals surface area contributed by atoms with E-state index in [1.165, 1.54) is 36.5 Å². The molecule has 0 saturated heterocycles. The summed E-state index contributed by atoms with van der Waals surface area (Å²) >= 11 is 0. The zero-order valence-electron chi connectivity index (χ0n) is 16.1. The number of aromatic nitrogens is 2. The number of benzene rings is 2. The molecule has 9 heteroatoms. The van der Waals surface area contributed by atoms with Crippen LogP contribution < -0.4 is 10.1 Å². The highest BCUT2D eigenvalue weighted by atomic mass is 19.4. The highest BCUT2D eigenvalue weighted by molar-refractivity contribution is 6.02. The Morgan fingerprint density at radius 2 is 1.80 bits per heavy atom. The standard InChI is InChI=1S/C21H18F3N3O3/c1-12-9-14(11-28)10-13(2)18(12)27-20(29)19-25-8-7-16(26-19)15-5-3-4-6-17(15)30-21(22,23)24/h3-10,28H,11H2,1-2H3,(H,27,29). The van der Waals surface area contributed by atoms with Crippen molar-refractivity contribution in [2.24, 2.45) is 0 Å². The third-order valence-corrected chi connectivity index (χ3v) is 4.26. The fourth-order valence-corrected chi connectivity index (χ4v) is 3.02. The normalized spacial score (nSPS) is 11.3. The Morgan fingerprint density at radius 3 is 2.43 bits per heavy atom. The van der Waals surface area contributed by atoms with E-state index >= 15 is 0 Å². The van der Waals surface area contributed by atoms with Crippen LogP contribution in [0.3, 0.4) is 0 Å². The molecule has 0 bridgehead atoms. The average molecular weight is 417 g/mol. The van der Waals surface area contributed by atoms with Crippen LogP contribution in [-0.4, -0.2) is 27.3 Å². The number of aliphatic hydroxyl groups excluding tert-OH is 1. The van der Waals surface area contributed by atoms with E-state index in [1.54, 1.807) is 26.0 Å². The van der Waals surface area contributed by atoms with Crippen molar-refractivity contribution in [3.8, 4) is 17.0 Å². The number of nitrogens with one attached hydrogen (secondary N) is 1. The van der Waals surface area contributed by atoms with Crippen LogP contribution in [0.1, 0.15) is 27.3 Å². The van der Waals surface area contributed by atoms with Gasteiger partial charge in [-0.15, -0.1) is 13.2 Å². The van der Waals surface area contributed by atoms with Crippen LogP contribution in [0.5, 0.6) is 5.75 Å². The zero-order valence-corrected chi connectivity index (χ0v) is 16.1. The molecule has 156 valence electrons. The van der Waals surface area contributed by atoms with Crippen LogP contribution >= 0.6 is 0 Å². The summed E-state index contributed by atoms with van der Waals surface area (Å²) in [6.45, 7) is 3.44. The summed E-state index contributed by atoms with van der Waals surface area (Å²) in [6.07, 6.45) is -3.57. The van der Waals surface area contributed by atoms with Crippen LogP contribution in [0.4, 0.5) is 18.9 Å². The van der Waals surface area contributed by atoms with Crippen LogP contribution in [0.15, 0.2) is 48.7 Å². The Bertz CT molecular complexity index is 1060. The minimum atomic E-state index is -4.86. The van der Waals surface area contributed by atoms with E-state index < -0.39 is 18.0 Å². The highest BCUT2D eigenvalue weighted by Gasteiger charge is 2.32. The van der Waals surface area contributed by atoms with E-state index in [0.717, 1.165) is 11.1 Å². The smallest absolute Gasteiger partial charge is 0.405 e. The number of aryl methyl sites for hydroxylation is 2. The number of halogens is 3. The minimum Gasteiger partial charge on any atom is -0.405 e. The molecule has 0 radical (unpaired) electrons. The SMILES string of the molecule is Cc1cc(CO)cc(C)c1NC(=O)c1nccc(-c2ccccc2OC(F)(F)F)n1. The second kappa shape index (κ2) is 8.50. The van der Waals surface area contributed by atoms with Crippen LogP contribution in [0, 0.1) is 13.8 Å². The summed E-state index contributed by atoms with van der Waals surface area (Å²) in [5, 5.41) is 12.0. The van der Waals surface area contributed by atoms with E-state index in [2.05, 4.69) is 20.0 Å². The lowest BCUT2D eigenvalue weighted by Gasteiger charge is -2.14. The molecule has 0 unspecified atom stereocenters. The number of carbonyl (C=O) groups excluding carboxylic acids is 1. The Labute approximate surface area is 170 Å². The van der Waals surface area contributed by atoms with Gasteiger partial charge in [-0.3, -0.25) is 4.79 Å². The Kier molecular flexibility index (Phi) is 6.02. The summed E-state index contributed by atoms with van der Waals surface area (Å²) in [6, 6.07) is 10.4. The lowest BCUT2D eigenvalue weighted by atomic mass is 10.0. The number of alkyl halides is 3. The molecule has 30 heavy (non-hydrogen) atoms. The van der Waals surface area contributed by atoms with Crippen molar-refractivity contribution in [2.45, 2.75) is 26.8 Å². The molecule has 0 atom stereocenters. The summed E-state index contributed by atoms with van der Waals surface area (Å²) in [4.78, 5) is 20.7. The van der Waals surface area contributed by atoms with Crippen molar-refractivity contribution in [2.75, 3.05) is 5.32 Å². The zero-order chi connectivity index (χ0) is 21.9. The molecule has 1 heterocycles. The molecule has 6 nitrogen and oxygen atoms in total. The first kappa shape index (κ1) is 21.3. The van der Waals surface area contributed by atoms with E-state index in [-0.39, 0.29) is 23.7 Å². The first-order chi connectivity index (χ1) is 14.2. The van der Waals surface area contributed by atoms with Gasteiger partial charge >= 0.3 is 6.36 Å². The maximum absolute atomic E-state index is 12.7. The number of hydrogen-bond donors (Lipinski definition) is 2. The fraction of sp³-hybridized carbons (Fsp3) is 0.190. The molecule has 0 fully saturated rings. The van der Waals surface area contributed by atoms with Crippen molar-refractivity contribution in [3.05, 3.63) is 71.2 Å². The molecule has 1 aromatic heterocycles. The van der Waals surface area contributed by atoms with Crippen molar-refractivity contribution >= 4 is 11.6 Å². The third-order valence-electron chi connectivity index (χ3n) is 4.26. The van der Waals surface area contributed by atoms with Gasteiger partial charge in [-0.25, -0.2) is 9.97 Å². The number of amides is 1. The molecule has 0 aliphatic carbocycles. The van der Waals surface area contributed by atoms with E-state index in [4.69, 9.17) is 0 Å². The Hall–Kier alpha value is -3.46. The molecular weight excluding hydrogens is 399 g/mol. The third kappa shape index (κ3) is 4.93. The average Bonchev–Trinajstić information content (AvgIpc) is 2.69. The van der Waals surface area contributed by atoms with Gasteiger partial charge in [-0.1, -0.05) is 24.3 Å². The first-order valence-electron chi connectivity index (χ1n) is 8.88. The van der Waals surface area contributed by atoms with Crippen molar-refractivity contribution in [1.82, 2.24) is 9.97 Å². The van der Waals surface area contributed by atoms with Gasteiger partial charge in [-0.05, 0) is 48.7 Å². The number of nitrogens with zero attached hydrogens (tertiary/aromatic N) is 2. The number of aliphatic hydroxyl groups is 1. The molecule has 0 aliphatic rings. The maximum Gasteiger partial charge on any atom is 0.573 e. The largest absolute Gasteiger partial charge is 0.573 e. The monoisotopic (exact) mass is 417 g/mol. The fourth-order valence-electron chi connectivity index (χ4n) is 3.02. The first-order valence-corrected chi connectivity index (χ1v) is 8.88. The summed E-state index contributed by atoms with van der Waals surface area (Å²) in [7, 11) is 0. The number of para-hydroxylation sites is 1. The molecule has 2 aromatic carbocycles. The molecular formula is C21H18F3N3O3. The van der Waals surface area contributed by atoms with Gasteiger partial charge in [0.15, 0.2) is 0 Å². The van der Waals surface area contributed by atoms with Crippen molar-refractivity contribution < 1.29 is 27.8 Å². The molecule has 0 aliphatic heterocycles. The van der Waals surface area contributed by atoms with Crippen LogP contribution in [-0.2, 0) is 6.61 Å². The summed E-state index contributed by atoms with van der Waals surface area (Å²) < 4.78 is 42.1. The molecule has 3 rings (SSSR count). The number of hydrogen-bond acceptors (Lipinski definition) is 5. The number of ether oxygens (including phenoxy) is 1.